The fourth-order valence-electron chi connectivity index (χ4n) is 5.32. The lowest BCUT2D eigenvalue weighted by Gasteiger charge is -2.34. The highest BCUT2D eigenvalue weighted by Crippen LogP contribution is 2.34. The molecule has 0 radical (unpaired) electrons. The predicted octanol–water partition coefficient (Wildman–Crippen LogP) is 6.30. The molecular formula is C31H33BrN6. The first-order valence-corrected chi connectivity index (χ1v) is 13.1. The first-order valence-electron chi connectivity index (χ1n) is 13.1. The van der Waals surface area contributed by atoms with Crippen molar-refractivity contribution in [1.29, 1.82) is 0 Å². The van der Waals surface area contributed by atoms with Crippen LogP contribution in [0.1, 0.15) is 52.8 Å². The molecular weight excluding hydrogens is 536 g/mol. The van der Waals surface area contributed by atoms with Crippen molar-refractivity contribution < 1.29 is 0 Å². The number of nitrogens with zero attached hydrogens (tertiary/aromatic N) is 4. The Morgan fingerprint density at radius 3 is 2.47 bits per heavy atom. The van der Waals surface area contributed by atoms with Gasteiger partial charge in [0, 0.05) is 32.0 Å². The monoisotopic (exact) mass is 568 g/mol. The minimum Gasteiger partial charge on any atom is -0.341 e. The van der Waals surface area contributed by atoms with Gasteiger partial charge < -0.3 is 10.3 Å². The van der Waals surface area contributed by atoms with Gasteiger partial charge in [-0.1, -0.05) is 48.5 Å². The molecule has 0 spiro atoms. The molecule has 6 rings (SSSR count). The number of aryl methyl sites for hydroxylation is 1. The maximum atomic E-state index is 4.89. The summed E-state index contributed by atoms with van der Waals surface area (Å²) in [5.41, 5.74) is 8.33. The third-order valence-electron chi connectivity index (χ3n) is 7.17. The molecule has 0 bridgehead atoms. The second kappa shape index (κ2) is 12.4. The molecule has 1 unspecified atom stereocenters. The molecule has 1 atom stereocenters. The van der Waals surface area contributed by atoms with Gasteiger partial charge in [-0.2, -0.15) is 0 Å². The summed E-state index contributed by atoms with van der Waals surface area (Å²) in [7, 11) is 0. The molecule has 0 saturated carbocycles. The van der Waals surface area contributed by atoms with E-state index in [1.165, 1.54) is 28.8 Å². The van der Waals surface area contributed by atoms with Gasteiger partial charge in [0.15, 0.2) is 0 Å². The van der Waals surface area contributed by atoms with Gasteiger partial charge in [0.25, 0.3) is 0 Å². The van der Waals surface area contributed by atoms with E-state index in [4.69, 9.17) is 9.97 Å². The molecule has 0 amide bonds. The molecule has 0 saturated heterocycles. The first-order chi connectivity index (χ1) is 18.3. The Kier molecular flexibility index (Phi) is 8.58. The Morgan fingerprint density at radius 1 is 0.816 bits per heavy atom. The molecule has 3 heterocycles. The third kappa shape index (κ3) is 6.18. The zero-order chi connectivity index (χ0) is 24.9. The molecule has 38 heavy (non-hydrogen) atoms. The summed E-state index contributed by atoms with van der Waals surface area (Å²) >= 11 is 0. The van der Waals surface area contributed by atoms with Crippen molar-refractivity contribution in [3.8, 4) is 0 Å². The van der Waals surface area contributed by atoms with E-state index in [-0.39, 0.29) is 23.0 Å². The average Bonchev–Trinajstić information content (AvgIpc) is 3.36. The van der Waals surface area contributed by atoms with Crippen LogP contribution in [-0.4, -0.2) is 24.8 Å². The van der Waals surface area contributed by atoms with Gasteiger partial charge in [0.1, 0.15) is 5.82 Å². The molecule has 1 aliphatic carbocycles. The van der Waals surface area contributed by atoms with E-state index in [0.29, 0.717) is 0 Å². The van der Waals surface area contributed by atoms with E-state index in [9.17, 15) is 0 Å². The highest BCUT2D eigenvalue weighted by atomic mass is 79.9. The molecule has 2 aromatic carbocycles. The van der Waals surface area contributed by atoms with E-state index in [1.807, 2.05) is 36.7 Å². The zero-order valence-electron chi connectivity index (χ0n) is 21.4. The van der Waals surface area contributed by atoms with Crippen molar-refractivity contribution >= 4 is 28.0 Å². The van der Waals surface area contributed by atoms with Crippen LogP contribution in [0.3, 0.4) is 0 Å². The van der Waals surface area contributed by atoms with E-state index < -0.39 is 0 Å². The van der Waals surface area contributed by atoms with Crippen molar-refractivity contribution in [2.24, 2.45) is 0 Å². The average molecular weight is 570 g/mol. The quantitative estimate of drug-likeness (QED) is 0.218. The number of fused-ring (bicyclic) bond motifs is 2. The van der Waals surface area contributed by atoms with Crippen molar-refractivity contribution in [2.75, 3.05) is 0 Å². The van der Waals surface area contributed by atoms with Gasteiger partial charge in [-0.3, -0.25) is 14.9 Å². The Bertz CT molecular complexity index is 1420. The molecule has 0 aliphatic heterocycles. The highest BCUT2D eigenvalue weighted by Gasteiger charge is 2.28. The molecule has 7 heteroatoms. The lowest BCUT2D eigenvalue weighted by atomic mass is 9.90. The first kappa shape index (κ1) is 26.2. The normalized spacial score (nSPS) is 14.8. The van der Waals surface area contributed by atoms with E-state index in [0.717, 1.165) is 61.6 Å². The number of aromatic nitrogens is 4. The second-order valence-corrected chi connectivity index (χ2v) is 9.80. The number of halogens is 1. The Labute approximate surface area is 234 Å². The largest absolute Gasteiger partial charge is 0.341 e. The summed E-state index contributed by atoms with van der Waals surface area (Å²) in [5, 5.41) is 3.49. The number of rotatable bonds is 9. The molecule has 2 N–H and O–H groups in total. The van der Waals surface area contributed by atoms with Gasteiger partial charge >= 0.3 is 0 Å². The van der Waals surface area contributed by atoms with Crippen molar-refractivity contribution in [1.82, 2.24) is 30.2 Å². The lowest BCUT2D eigenvalue weighted by molar-refractivity contribution is 0.153. The molecule has 1 aliphatic rings. The standard InChI is InChI=1S/C31H32N6.BrH/c1-2-11-28-27(10-1)35-30(36-28)22-37(29-12-5-7-25-8-6-18-34-31(25)29)21-24-15-13-23(14-16-24)19-32-20-26-9-3-4-17-33-26;/h1-4,6,8-11,13-18,29,32H,5,7,12,19-22H2,(H,35,36);1H. The second-order valence-electron chi connectivity index (χ2n) is 9.80. The van der Waals surface area contributed by atoms with Crippen LogP contribution in [0.2, 0.25) is 0 Å². The minimum atomic E-state index is 0. The fraction of sp³-hybridized carbons (Fsp3) is 0.258. The smallest absolute Gasteiger partial charge is 0.121 e. The lowest BCUT2D eigenvalue weighted by Crippen LogP contribution is -2.31. The number of H-pyrrole nitrogens is 1. The van der Waals surface area contributed by atoms with Crippen molar-refractivity contribution in [3.05, 3.63) is 125 Å². The molecule has 5 aromatic rings. The number of imidazole rings is 1. The van der Waals surface area contributed by atoms with Gasteiger partial charge in [0.2, 0.25) is 0 Å². The SMILES string of the molecule is Br.c1ccc(CNCc2ccc(CN(Cc3nc4ccccc4[nH]3)C3CCCc4cccnc43)cc2)nc1. The van der Waals surface area contributed by atoms with Crippen LogP contribution in [0.25, 0.3) is 11.0 Å². The Balaban J connectivity index is 0.00000294. The summed E-state index contributed by atoms with van der Waals surface area (Å²) < 4.78 is 0. The molecule has 3 aromatic heterocycles. The maximum Gasteiger partial charge on any atom is 0.121 e. The van der Waals surface area contributed by atoms with Crippen molar-refractivity contribution in [3.63, 3.8) is 0 Å². The van der Waals surface area contributed by atoms with Gasteiger partial charge in [0.05, 0.1) is 35.0 Å². The topological polar surface area (TPSA) is 69.7 Å². The van der Waals surface area contributed by atoms with Crippen LogP contribution in [0.4, 0.5) is 0 Å². The minimum absolute atomic E-state index is 0. The number of para-hydroxylation sites is 2. The Morgan fingerprint density at radius 2 is 1.63 bits per heavy atom. The van der Waals surface area contributed by atoms with E-state index in [2.05, 4.69) is 74.8 Å². The fourth-order valence-corrected chi connectivity index (χ4v) is 5.32. The summed E-state index contributed by atoms with van der Waals surface area (Å²) in [4.78, 5) is 20.2. The van der Waals surface area contributed by atoms with E-state index in [1.54, 1.807) is 0 Å². The zero-order valence-corrected chi connectivity index (χ0v) is 23.1. The van der Waals surface area contributed by atoms with Gasteiger partial charge in [-0.25, -0.2) is 4.98 Å². The molecule has 0 fully saturated rings. The number of hydrogen-bond acceptors (Lipinski definition) is 5. The predicted molar refractivity (Wildman–Crippen MR) is 157 cm³/mol. The summed E-state index contributed by atoms with van der Waals surface area (Å²) in [5.74, 6) is 1.000. The van der Waals surface area contributed by atoms with Gasteiger partial charge in [-0.15, -0.1) is 17.0 Å². The molecule has 194 valence electrons. The van der Waals surface area contributed by atoms with Crippen LogP contribution in [0.5, 0.6) is 0 Å². The van der Waals surface area contributed by atoms with Crippen LogP contribution < -0.4 is 5.32 Å². The summed E-state index contributed by atoms with van der Waals surface area (Å²) in [6, 6.07) is 27.8. The Hall–Kier alpha value is -3.39. The third-order valence-corrected chi connectivity index (χ3v) is 7.17. The van der Waals surface area contributed by atoms with E-state index >= 15 is 0 Å². The van der Waals surface area contributed by atoms with Crippen LogP contribution >= 0.6 is 17.0 Å². The number of nitrogens with one attached hydrogen (secondary N) is 2. The van der Waals surface area contributed by atoms with Crippen LogP contribution in [0.15, 0.2) is 91.3 Å². The maximum absolute atomic E-state index is 4.89. The molecule has 6 nitrogen and oxygen atoms in total. The summed E-state index contributed by atoms with van der Waals surface area (Å²) in [6.45, 7) is 3.18. The number of benzene rings is 2. The number of hydrogen-bond donors (Lipinski definition) is 2. The highest BCUT2D eigenvalue weighted by molar-refractivity contribution is 8.93. The number of aromatic amines is 1. The number of pyridine rings is 2. The van der Waals surface area contributed by atoms with Crippen LogP contribution in [0, 0.1) is 0 Å². The van der Waals surface area contributed by atoms with Gasteiger partial charge in [-0.05, 0) is 66.3 Å². The van der Waals surface area contributed by atoms with Crippen LogP contribution in [-0.2, 0) is 32.6 Å². The van der Waals surface area contributed by atoms with Crippen molar-refractivity contribution in [2.45, 2.75) is 51.5 Å². The summed E-state index contributed by atoms with van der Waals surface area (Å²) in [6.07, 6.45) is 7.17.